The second kappa shape index (κ2) is 9.38. The summed E-state index contributed by atoms with van der Waals surface area (Å²) in [6.45, 7) is 8.19. The van der Waals surface area contributed by atoms with E-state index < -0.39 is 0 Å². The van der Waals surface area contributed by atoms with Gasteiger partial charge in [0.1, 0.15) is 17.2 Å². The summed E-state index contributed by atoms with van der Waals surface area (Å²) in [7, 11) is 0. The minimum Gasteiger partial charge on any atom is -0.494 e. The molecule has 146 valence electrons. The Kier molecular flexibility index (Phi) is 6.66. The molecule has 2 aromatic carbocycles. The lowest BCUT2D eigenvalue weighted by Gasteiger charge is -2.25. The maximum atomic E-state index is 6.03. The van der Waals surface area contributed by atoms with Gasteiger partial charge >= 0.3 is 0 Å². The third-order valence-electron chi connectivity index (χ3n) is 4.46. The molecule has 0 aliphatic carbocycles. The van der Waals surface area contributed by atoms with Crippen LogP contribution in [0.4, 0.5) is 0 Å². The molecule has 0 bridgehead atoms. The first kappa shape index (κ1) is 19.9. The first-order valence-electron chi connectivity index (χ1n) is 9.55. The lowest BCUT2D eigenvalue weighted by Crippen LogP contribution is -2.24. The zero-order chi connectivity index (χ0) is 19.8. The standard InChI is InChI=1S/C24H27NO3/c1-4-27-21-10-8-20(9-11-21)24(2,3)18-26-17-19-6-5-7-23(16-19)28-22-12-14-25-15-13-22/h5-16H,4,17-18H2,1-3H3. The van der Waals surface area contributed by atoms with Gasteiger partial charge in [0.25, 0.3) is 0 Å². The number of rotatable bonds is 9. The van der Waals surface area contributed by atoms with E-state index in [-0.39, 0.29) is 5.41 Å². The number of pyridine rings is 1. The number of hydrogen-bond acceptors (Lipinski definition) is 4. The molecule has 0 saturated carbocycles. The third-order valence-corrected chi connectivity index (χ3v) is 4.46. The Morgan fingerprint density at radius 3 is 2.32 bits per heavy atom. The van der Waals surface area contributed by atoms with Gasteiger partial charge in [0.05, 0.1) is 19.8 Å². The molecule has 0 fully saturated rings. The average molecular weight is 377 g/mol. The van der Waals surface area contributed by atoms with Gasteiger partial charge < -0.3 is 14.2 Å². The normalized spacial score (nSPS) is 11.2. The lowest BCUT2D eigenvalue weighted by molar-refractivity contribution is 0.0824. The van der Waals surface area contributed by atoms with Crippen LogP contribution in [-0.4, -0.2) is 18.2 Å². The Hall–Kier alpha value is -2.85. The van der Waals surface area contributed by atoms with Crippen molar-refractivity contribution < 1.29 is 14.2 Å². The fraction of sp³-hybridized carbons (Fsp3) is 0.292. The molecule has 0 N–H and O–H groups in total. The predicted molar refractivity (Wildman–Crippen MR) is 111 cm³/mol. The zero-order valence-corrected chi connectivity index (χ0v) is 16.7. The van der Waals surface area contributed by atoms with Crippen LogP contribution in [-0.2, 0) is 16.8 Å². The quantitative estimate of drug-likeness (QED) is 0.475. The molecule has 0 aliphatic rings. The van der Waals surface area contributed by atoms with E-state index in [1.54, 1.807) is 12.4 Å². The largest absolute Gasteiger partial charge is 0.494 e. The average Bonchev–Trinajstić information content (AvgIpc) is 2.70. The van der Waals surface area contributed by atoms with Gasteiger partial charge in [-0.25, -0.2) is 0 Å². The maximum Gasteiger partial charge on any atom is 0.130 e. The Morgan fingerprint density at radius 2 is 1.61 bits per heavy atom. The van der Waals surface area contributed by atoms with Crippen molar-refractivity contribution in [2.75, 3.05) is 13.2 Å². The summed E-state index contributed by atoms with van der Waals surface area (Å²) in [6.07, 6.45) is 3.43. The van der Waals surface area contributed by atoms with E-state index in [9.17, 15) is 0 Å². The van der Waals surface area contributed by atoms with Gasteiger partial charge in [-0.15, -0.1) is 0 Å². The first-order valence-corrected chi connectivity index (χ1v) is 9.55. The van der Waals surface area contributed by atoms with Crippen LogP contribution >= 0.6 is 0 Å². The molecular weight excluding hydrogens is 350 g/mol. The number of ether oxygens (including phenoxy) is 3. The maximum absolute atomic E-state index is 6.03. The van der Waals surface area contributed by atoms with Crippen molar-refractivity contribution >= 4 is 0 Å². The molecule has 3 aromatic rings. The van der Waals surface area contributed by atoms with Crippen molar-refractivity contribution in [1.82, 2.24) is 4.98 Å². The predicted octanol–water partition coefficient (Wildman–Crippen LogP) is 5.77. The molecule has 1 heterocycles. The molecule has 0 saturated heterocycles. The van der Waals surface area contributed by atoms with Crippen molar-refractivity contribution in [2.24, 2.45) is 0 Å². The van der Waals surface area contributed by atoms with Gasteiger partial charge in [-0.3, -0.25) is 4.98 Å². The molecule has 0 aliphatic heterocycles. The van der Waals surface area contributed by atoms with E-state index in [0.717, 1.165) is 22.8 Å². The van der Waals surface area contributed by atoms with Crippen LogP contribution in [0.5, 0.6) is 17.2 Å². The molecule has 0 amide bonds. The molecule has 4 heteroatoms. The molecule has 1 aromatic heterocycles. The minimum atomic E-state index is -0.0874. The Labute approximate surface area is 167 Å². The minimum absolute atomic E-state index is 0.0874. The van der Waals surface area contributed by atoms with Crippen LogP contribution in [0.3, 0.4) is 0 Å². The van der Waals surface area contributed by atoms with Crippen molar-refractivity contribution in [3.8, 4) is 17.2 Å². The van der Waals surface area contributed by atoms with Crippen molar-refractivity contribution in [3.05, 3.63) is 84.2 Å². The van der Waals surface area contributed by atoms with Gasteiger partial charge in [0.15, 0.2) is 0 Å². The highest BCUT2D eigenvalue weighted by atomic mass is 16.5. The summed E-state index contributed by atoms with van der Waals surface area (Å²) >= 11 is 0. The summed E-state index contributed by atoms with van der Waals surface area (Å²) in [5.74, 6) is 2.46. The van der Waals surface area contributed by atoms with E-state index in [1.165, 1.54) is 5.56 Å². The molecule has 0 atom stereocenters. The van der Waals surface area contributed by atoms with E-state index in [2.05, 4.69) is 31.0 Å². The van der Waals surface area contributed by atoms with E-state index in [1.807, 2.05) is 55.5 Å². The fourth-order valence-electron chi connectivity index (χ4n) is 2.92. The van der Waals surface area contributed by atoms with Gasteiger partial charge in [-0.05, 0) is 54.4 Å². The summed E-state index contributed by atoms with van der Waals surface area (Å²) < 4.78 is 17.4. The van der Waals surface area contributed by atoms with Crippen molar-refractivity contribution in [1.29, 1.82) is 0 Å². The Bertz CT molecular complexity index is 861. The second-order valence-electron chi connectivity index (χ2n) is 7.27. The zero-order valence-electron chi connectivity index (χ0n) is 16.7. The number of aromatic nitrogens is 1. The molecular formula is C24H27NO3. The monoisotopic (exact) mass is 377 g/mol. The number of benzene rings is 2. The molecule has 28 heavy (non-hydrogen) atoms. The summed E-state index contributed by atoms with van der Waals surface area (Å²) in [5.41, 5.74) is 2.22. The van der Waals surface area contributed by atoms with Gasteiger partial charge in [-0.1, -0.05) is 38.1 Å². The molecule has 0 radical (unpaired) electrons. The molecule has 4 nitrogen and oxygen atoms in total. The smallest absolute Gasteiger partial charge is 0.130 e. The summed E-state index contributed by atoms with van der Waals surface area (Å²) in [5, 5.41) is 0. The van der Waals surface area contributed by atoms with Crippen LogP contribution in [0.15, 0.2) is 73.1 Å². The molecule has 3 rings (SSSR count). The van der Waals surface area contributed by atoms with Crippen molar-refractivity contribution in [2.45, 2.75) is 32.8 Å². The number of nitrogens with zero attached hydrogens (tertiary/aromatic N) is 1. The number of hydrogen-bond donors (Lipinski definition) is 0. The van der Waals surface area contributed by atoms with Gasteiger partial charge in [0, 0.05) is 17.8 Å². The van der Waals surface area contributed by atoms with E-state index >= 15 is 0 Å². The molecule has 0 spiro atoms. The van der Waals surface area contributed by atoms with Crippen molar-refractivity contribution in [3.63, 3.8) is 0 Å². The summed E-state index contributed by atoms with van der Waals surface area (Å²) in [6, 6.07) is 19.9. The summed E-state index contributed by atoms with van der Waals surface area (Å²) in [4.78, 5) is 4.00. The topological polar surface area (TPSA) is 40.6 Å². The van der Waals surface area contributed by atoms with E-state index in [0.29, 0.717) is 19.8 Å². The van der Waals surface area contributed by atoms with Crippen LogP contribution < -0.4 is 9.47 Å². The van der Waals surface area contributed by atoms with Gasteiger partial charge in [0.2, 0.25) is 0 Å². The van der Waals surface area contributed by atoms with Crippen LogP contribution in [0.25, 0.3) is 0 Å². The SMILES string of the molecule is CCOc1ccc(C(C)(C)COCc2cccc(Oc3ccncc3)c2)cc1. The first-order chi connectivity index (χ1) is 13.6. The van der Waals surface area contributed by atoms with Crippen LogP contribution in [0.2, 0.25) is 0 Å². The third kappa shape index (κ3) is 5.57. The van der Waals surface area contributed by atoms with Crippen LogP contribution in [0.1, 0.15) is 31.9 Å². The highest BCUT2D eigenvalue weighted by Crippen LogP contribution is 2.27. The highest BCUT2D eigenvalue weighted by Gasteiger charge is 2.21. The van der Waals surface area contributed by atoms with Gasteiger partial charge in [-0.2, -0.15) is 0 Å². The fourth-order valence-corrected chi connectivity index (χ4v) is 2.92. The van der Waals surface area contributed by atoms with Crippen LogP contribution in [0, 0.1) is 0 Å². The second-order valence-corrected chi connectivity index (χ2v) is 7.27. The highest BCUT2D eigenvalue weighted by molar-refractivity contribution is 5.33. The Morgan fingerprint density at radius 1 is 0.857 bits per heavy atom. The lowest BCUT2D eigenvalue weighted by atomic mass is 9.85. The van der Waals surface area contributed by atoms with E-state index in [4.69, 9.17) is 14.2 Å². The Balaban J connectivity index is 1.55. The molecule has 0 unspecified atom stereocenters.